The van der Waals surface area contributed by atoms with E-state index in [4.69, 9.17) is 5.73 Å². The minimum atomic E-state index is -4.61. The monoisotopic (exact) mass is 243 g/mol. The highest BCUT2D eigenvalue weighted by Crippen LogP contribution is 2.31. The maximum Gasteiger partial charge on any atom is 0.407 e. The second-order valence-corrected chi connectivity index (χ2v) is 3.04. The Labute approximate surface area is 90.7 Å². The minimum absolute atomic E-state index is 0. The van der Waals surface area contributed by atoms with Gasteiger partial charge in [0, 0.05) is 5.56 Å². The number of alkyl halides is 3. The van der Waals surface area contributed by atoms with E-state index in [9.17, 15) is 17.6 Å². The van der Waals surface area contributed by atoms with Crippen LogP contribution in [0.15, 0.2) is 18.2 Å². The van der Waals surface area contributed by atoms with E-state index >= 15 is 0 Å². The second-order valence-electron chi connectivity index (χ2n) is 3.04. The van der Waals surface area contributed by atoms with Gasteiger partial charge in [0.1, 0.15) is 11.9 Å². The third kappa shape index (κ3) is 3.35. The summed E-state index contributed by atoms with van der Waals surface area (Å²) in [6, 6.07) is 1.22. The van der Waals surface area contributed by atoms with Crippen LogP contribution < -0.4 is 5.73 Å². The van der Waals surface area contributed by atoms with Crippen molar-refractivity contribution >= 4 is 12.4 Å². The molecule has 1 rings (SSSR count). The molecule has 86 valence electrons. The standard InChI is InChI=1S/C9H9F4N.ClH/c1-5-2-3-6(7(10)4-5)8(14)9(11,12)13;/h2-4,8H,14H2,1H3;1H/t8-;/m0./s1. The molecule has 1 nitrogen and oxygen atoms in total. The van der Waals surface area contributed by atoms with Crippen LogP contribution in [0.1, 0.15) is 17.2 Å². The second kappa shape index (κ2) is 4.81. The predicted octanol–water partition coefficient (Wildman–Crippen LogP) is 3.12. The topological polar surface area (TPSA) is 26.0 Å². The van der Waals surface area contributed by atoms with Crippen molar-refractivity contribution in [3.8, 4) is 0 Å². The van der Waals surface area contributed by atoms with Crippen LogP contribution >= 0.6 is 12.4 Å². The Balaban J connectivity index is 0.00000196. The zero-order chi connectivity index (χ0) is 10.9. The lowest BCUT2D eigenvalue weighted by molar-refractivity contribution is -0.149. The first-order chi connectivity index (χ1) is 6.32. The average Bonchev–Trinajstić information content (AvgIpc) is 2.01. The molecule has 0 radical (unpaired) electrons. The summed E-state index contributed by atoms with van der Waals surface area (Å²) in [4.78, 5) is 0. The van der Waals surface area contributed by atoms with Gasteiger partial charge in [-0.2, -0.15) is 13.2 Å². The molecule has 0 aromatic heterocycles. The quantitative estimate of drug-likeness (QED) is 0.754. The third-order valence-corrected chi connectivity index (χ3v) is 1.84. The zero-order valence-electron chi connectivity index (χ0n) is 7.81. The smallest absolute Gasteiger partial charge is 0.316 e. The average molecular weight is 244 g/mol. The molecule has 0 amide bonds. The number of benzene rings is 1. The van der Waals surface area contributed by atoms with Gasteiger partial charge in [-0.3, -0.25) is 0 Å². The van der Waals surface area contributed by atoms with Crippen LogP contribution in [-0.4, -0.2) is 6.18 Å². The highest BCUT2D eigenvalue weighted by atomic mass is 35.5. The van der Waals surface area contributed by atoms with Crippen LogP contribution in [0, 0.1) is 12.7 Å². The number of rotatable bonds is 1. The SMILES string of the molecule is Cc1ccc([C@H](N)C(F)(F)F)c(F)c1.Cl. The summed E-state index contributed by atoms with van der Waals surface area (Å²) in [6.07, 6.45) is -4.61. The molecule has 1 aromatic carbocycles. The number of hydrogen-bond donors (Lipinski definition) is 1. The lowest BCUT2D eigenvalue weighted by Gasteiger charge is -2.16. The Morgan fingerprint density at radius 1 is 1.27 bits per heavy atom. The van der Waals surface area contributed by atoms with E-state index < -0.39 is 23.6 Å². The molecule has 0 aliphatic carbocycles. The number of aryl methyl sites for hydroxylation is 1. The van der Waals surface area contributed by atoms with Crippen molar-refractivity contribution in [1.82, 2.24) is 0 Å². The van der Waals surface area contributed by atoms with Gasteiger partial charge in [-0.25, -0.2) is 4.39 Å². The molecular formula is C9H10ClF4N. The first-order valence-electron chi connectivity index (χ1n) is 3.90. The van der Waals surface area contributed by atoms with Gasteiger partial charge in [0.2, 0.25) is 0 Å². The van der Waals surface area contributed by atoms with Gasteiger partial charge < -0.3 is 5.73 Å². The Morgan fingerprint density at radius 3 is 2.20 bits per heavy atom. The Morgan fingerprint density at radius 2 is 1.80 bits per heavy atom. The van der Waals surface area contributed by atoms with Gasteiger partial charge in [0.15, 0.2) is 0 Å². The fraction of sp³-hybridized carbons (Fsp3) is 0.333. The van der Waals surface area contributed by atoms with Gasteiger partial charge in [-0.1, -0.05) is 12.1 Å². The molecule has 2 N–H and O–H groups in total. The van der Waals surface area contributed by atoms with E-state index in [0.29, 0.717) is 5.56 Å². The van der Waals surface area contributed by atoms with Crippen molar-refractivity contribution in [2.75, 3.05) is 0 Å². The number of nitrogens with two attached hydrogens (primary N) is 1. The summed E-state index contributed by atoms with van der Waals surface area (Å²) in [6.45, 7) is 1.59. The lowest BCUT2D eigenvalue weighted by atomic mass is 10.0. The van der Waals surface area contributed by atoms with Crippen molar-refractivity contribution in [1.29, 1.82) is 0 Å². The highest BCUT2D eigenvalue weighted by molar-refractivity contribution is 5.85. The summed E-state index contributed by atoms with van der Waals surface area (Å²) < 4.78 is 49.4. The maximum atomic E-state index is 13.1. The van der Waals surface area contributed by atoms with Gasteiger partial charge in [0.25, 0.3) is 0 Å². The van der Waals surface area contributed by atoms with Gasteiger partial charge in [-0.05, 0) is 18.6 Å². The molecule has 0 unspecified atom stereocenters. The molecule has 1 atom stereocenters. The van der Waals surface area contributed by atoms with E-state index in [-0.39, 0.29) is 12.4 Å². The third-order valence-electron chi connectivity index (χ3n) is 1.84. The van der Waals surface area contributed by atoms with Gasteiger partial charge in [0.05, 0.1) is 0 Å². The van der Waals surface area contributed by atoms with Crippen LogP contribution in [0.2, 0.25) is 0 Å². The van der Waals surface area contributed by atoms with Crippen LogP contribution in [0.5, 0.6) is 0 Å². The summed E-state index contributed by atoms with van der Waals surface area (Å²) in [5.74, 6) is -0.921. The van der Waals surface area contributed by atoms with Crippen LogP contribution in [0.25, 0.3) is 0 Å². The molecule has 0 bridgehead atoms. The summed E-state index contributed by atoms with van der Waals surface area (Å²) in [7, 11) is 0. The van der Waals surface area contributed by atoms with Crippen molar-refractivity contribution < 1.29 is 17.6 Å². The van der Waals surface area contributed by atoms with Crippen LogP contribution in [0.3, 0.4) is 0 Å². The molecule has 0 fully saturated rings. The molecule has 0 saturated heterocycles. The largest absolute Gasteiger partial charge is 0.407 e. The first-order valence-corrected chi connectivity index (χ1v) is 3.90. The van der Waals surface area contributed by atoms with Crippen molar-refractivity contribution in [2.45, 2.75) is 19.1 Å². The van der Waals surface area contributed by atoms with Crippen molar-refractivity contribution in [3.63, 3.8) is 0 Å². The molecule has 0 saturated carbocycles. The molecule has 0 aliphatic rings. The molecule has 0 heterocycles. The maximum absolute atomic E-state index is 13.1. The fourth-order valence-electron chi connectivity index (χ4n) is 1.06. The molecule has 1 aromatic rings. The zero-order valence-corrected chi connectivity index (χ0v) is 8.62. The predicted molar refractivity (Wildman–Crippen MR) is 51.4 cm³/mol. The summed E-state index contributed by atoms with van der Waals surface area (Å²) in [5, 5.41) is 0. The molecule has 15 heavy (non-hydrogen) atoms. The van der Waals surface area contributed by atoms with Gasteiger partial charge in [-0.15, -0.1) is 12.4 Å². The van der Waals surface area contributed by atoms with E-state index in [1.165, 1.54) is 6.07 Å². The Bertz CT molecular complexity index is 337. The first kappa shape index (κ1) is 14.2. The number of hydrogen-bond acceptors (Lipinski definition) is 1. The van der Waals surface area contributed by atoms with Crippen molar-refractivity contribution in [3.05, 3.63) is 35.1 Å². The van der Waals surface area contributed by atoms with Crippen LogP contribution in [-0.2, 0) is 0 Å². The highest BCUT2D eigenvalue weighted by Gasteiger charge is 2.39. The van der Waals surface area contributed by atoms with E-state index in [2.05, 4.69) is 0 Å². The normalized spacial score (nSPS) is 13.2. The van der Waals surface area contributed by atoms with Gasteiger partial charge >= 0.3 is 6.18 Å². The molecule has 0 spiro atoms. The molecule has 6 heteroatoms. The molecule has 0 aliphatic heterocycles. The number of halogens is 5. The lowest BCUT2D eigenvalue weighted by Crippen LogP contribution is -2.29. The summed E-state index contributed by atoms with van der Waals surface area (Å²) >= 11 is 0. The van der Waals surface area contributed by atoms with Crippen molar-refractivity contribution in [2.24, 2.45) is 5.73 Å². The Hall–Kier alpha value is -0.810. The van der Waals surface area contributed by atoms with Crippen LogP contribution in [0.4, 0.5) is 17.6 Å². The fourth-order valence-corrected chi connectivity index (χ4v) is 1.06. The molecular weight excluding hydrogens is 234 g/mol. The van der Waals surface area contributed by atoms with E-state index in [1.807, 2.05) is 0 Å². The Kier molecular flexibility index (Phi) is 4.55. The van der Waals surface area contributed by atoms with E-state index in [0.717, 1.165) is 12.1 Å². The minimum Gasteiger partial charge on any atom is -0.316 e. The summed E-state index contributed by atoms with van der Waals surface area (Å²) in [5.41, 5.74) is 4.89. The van der Waals surface area contributed by atoms with E-state index in [1.54, 1.807) is 6.92 Å².